The smallest absolute Gasteiger partial charge is 0.340 e. The summed E-state index contributed by atoms with van der Waals surface area (Å²) >= 11 is 1.40. The van der Waals surface area contributed by atoms with Crippen molar-refractivity contribution in [3.8, 4) is 0 Å². The fourth-order valence-electron chi connectivity index (χ4n) is 3.57. The number of rotatable bonds is 7. The van der Waals surface area contributed by atoms with Gasteiger partial charge in [0.25, 0.3) is 15.9 Å². The lowest BCUT2D eigenvalue weighted by molar-refractivity contribution is 0.0527. The van der Waals surface area contributed by atoms with Crippen LogP contribution in [0.15, 0.2) is 52.3 Å². The number of nitrogens with one attached hydrogen (secondary N) is 1. The Bertz CT molecular complexity index is 1090. The zero-order valence-electron chi connectivity index (χ0n) is 18.5. The van der Waals surface area contributed by atoms with Crippen LogP contribution in [-0.2, 0) is 14.8 Å². The van der Waals surface area contributed by atoms with Gasteiger partial charge in [0.1, 0.15) is 0 Å². The second-order valence-electron chi connectivity index (χ2n) is 7.71. The van der Waals surface area contributed by atoms with Crippen LogP contribution >= 0.6 is 11.8 Å². The first-order valence-corrected chi connectivity index (χ1v) is 13.2. The van der Waals surface area contributed by atoms with Crippen molar-refractivity contribution in [2.45, 2.75) is 36.5 Å². The van der Waals surface area contributed by atoms with Crippen LogP contribution in [0, 0.1) is 5.92 Å². The second-order valence-corrected chi connectivity index (χ2v) is 10.2. The van der Waals surface area contributed by atoms with Gasteiger partial charge in [-0.2, -0.15) is 0 Å². The number of sulfonamides is 1. The molecule has 1 aliphatic heterocycles. The third-order valence-corrected chi connectivity index (χ3v) is 7.61. The molecule has 172 valence electrons. The summed E-state index contributed by atoms with van der Waals surface area (Å²) in [7, 11) is -4.04. The van der Waals surface area contributed by atoms with Crippen LogP contribution in [0.1, 0.15) is 47.4 Å². The quantitative estimate of drug-likeness (QED) is 0.474. The molecule has 1 saturated heterocycles. The van der Waals surface area contributed by atoms with Gasteiger partial charge in [-0.15, -0.1) is 11.8 Å². The topological polar surface area (TPSA) is 92.8 Å². The maximum atomic E-state index is 13.2. The van der Waals surface area contributed by atoms with Crippen molar-refractivity contribution >= 4 is 39.3 Å². The lowest BCUT2D eigenvalue weighted by Crippen LogP contribution is -2.38. The summed E-state index contributed by atoms with van der Waals surface area (Å²) in [5.41, 5.74) is 0.615. The number of anilines is 1. The van der Waals surface area contributed by atoms with E-state index < -0.39 is 16.0 Å². The van der Waals surface area contributed by atoms with Gasteiger partial charge in [0.15, 0.2) is 0 Å². The molecule has 0 spiro atoms. The van der Waals surface area contributed by atoms with E-state index in [2.05, 4.69) is 11.6 Å². The molecular weight excluding hydrogens is 448 g/mol. The van der Waals surface area contributed by atoms with Crippen molar-refractivity contribution in [3.05, 3.63) is 53.6 Å². The molecule has 7 nitrogen and oxygen atoms in total. The summed E-state index contributed by atoms with van der Waals surface area (Å²) in [6.45, 7) is 5.35. The van der Waals surface area contributed by atoms with E-state index in [9.17, 15) is 18.0 Å². The lowest BCUT2D eigenvalue weighted by Gasteiger charge is -2.30. The summed E-state index contributed by atoms with van der Waals surface area (Å²) in [5.74, 6) is -0.196. The van der Waals surface area contributed by atoms with E-state index in [0.717, 1.165) is 17.7 Å². The van der Waals surface area contributed by atoms with Gasteiger partial charge in [0, 0.05) is 18.0 Å². The normalized spacial score (nSPS) is 14.8. The Morgan fingerprint density at radius 2 is 1.81 bits per heavy atom. The van der Waals surface area contributed by atoms with Crippen LogP contribution in [0.3, 0.4) is 0 Å². The monoisotopic (exact) mass is 476 g/mol. The van der Waals surface area contributed by atoms with Crippen molar-refractivity contribution in [1.82, 2.24) is 4.90 Å². The van der Waals surface area contributed by atoms with E-state index in [1.165, 1.54) is 36.0 Å². The predicted octanol–water partition coefficient (Wildman–Crippen LogP) is 4.26. The Morgan fingerprint density at radius 1 is 1.12 bits per heavy atom. The van der Waals surface area contributed by atoms with Gasteiger partial charge in [0.05, 0.1) is 28.3 Å². The number of piperidine rings is 1. The first-order chi connectivity index (χ1) is 15.3. The van der Waals surface area contributed by atoms with E-state index >= 15 is 0 Å². The highest BCUT2D eigenvalue weighted by Crippen LogP contribution is 2.28. The molecule has 2 aromatic carbocycles. The minimum atomic E-state index is -4.04. The van der Waals surface area contributed by atoms with Crippen molar-refractivity contribution in [3.63, 3.8) is 0 Å². The molecule has 1 heterocycles. The molecule has 2 aromatic rings. The summed E-state index contributed by atoms with van der Waals surface area (Å²) in [5, 5.41) is 0. The number of likely N-dealkylation sites (tertiary alicyclic amines) is 1. The molecule has 32 heavy (non-hydrogen) atoms. The molecule has 3 rings (SSSR count). The number of nitrogens with zero attached hydrogens (tertiary/aromatic N) is 1. The predicted molar refractivity (Wildman–Crippen MR) is 126 cm³/mol. The third kappa shape index (κ3) is 5.45. The van der Waals surface area contributed by atoms with Gasteiger partial charge in [-0.05, 0) is 62.3 Å². The van der Waals surface area contributed by atoms with Crippen LogP contribution < -0.4 is 4.72 Å². The summed E-state index contributed by atoms with van der Waals surface area (Å²) < 4.78 is 33.8. The zero-order chi connectivity index (χ0) is 23.3. The molecule has 0 unspecified atom stereocenters. The Labute approximate surface area is 193 Å². The molecule has 1 aliphatic rings. The Balaban J connectivity index is 1.92. The first kappa shape index (κ1) is 24.1. The molecule has 0 saturated carbocycles. The number of esters is 1. The molecule has 1 N–H and O–H groups in total. The van der Waals surface area contributed by atoms with E-state index in [1.807, 2.05) is 6.26 Å². The van der Waals surface area contributed by atoms with Gasteiger partial charge in [-0.3, -0.25) is 9.52 Å². The molecule has 0 aliphatic carbocycles. The van der Waals surface area contributed by atoms with Crippen LogP contribution in [0.5, 0.6) is 0 Å². The number of carbonyl (C=O) groups is 2. The SMILES string of the molecule is CCOC(=O)c1ccccc1NS(=O)(=O)c1ccc(SC)c(C(=O)N2CCC(C)CC2)c1. The Hall–Kier alpha value is -2.52. The number of carbonyl (C=O) groups excluding carboxylic acids is 2. The van der Waals surface area contributed by atoms with Crippen molar-refractivity contribution in [2.24, 2.45) is 5.92 Å². The first-order valence-electron chi connectivity index (χ1n) is 10.5. The Kier molecular flexibility index (Phi) is 7.84. The number of amides is 1. The molecule has 1 fully saturated rings. The van der Waals surface area contributed by atoms with E-state index in [0.29, 0.717) is 24.6 Å². The summed E-state index contributed by atoms with van der Waals surface area (Å²) in [6.07, 6.45) is 3.72. The standard InChI is InChI=1S/C23H28N2O5S2/c1-4-30-23(27)18-7-5-6-8-20(18)24-32(28,29)17-9-10-21(31-3)19(15-17)22(26)25-13-11-16(2)12-14-25/h5-10,15-16,24H,4,11-14H2,1-3H3. The minimum absolute atomic E-state index is 0.0392. The maximum Gasteiger partial charge on any atom is 0.340 e. The minimum Gasteiger partial charge on any atom is -0.462 e. The van der Waals surface area contributed by atoms with Gasteiger partial charge in [-0.1, -0.05) is 19.1 Å². The van der Waals surface area contributed by atoms with E-state index in [4.69, 9.17) is 4.74 Å². The second kappa shape index (κ2) is 10.4. The molecule has 0 aromatic heterocycles. The van der Waals surface area contributed by atoms with Crippen molar-refractivity contribution < 1.29 is 22.7 Å². The number of benzene rings is 2. The van der Waals surface area contributed by atoms with Gasteiger partial charge < -0.3 is 9.64 Å². The number of thioether (sulfide) groups is 1. The third-order valence-electron chi connectivity index (χ3n) is 5.45. The summed E-state index contributed by atoms with van der Waals surface area (Å²) in [6, 6.07) is 10.8. The highest BCUT2D eigenvalue weighted by atomic mass is 32.2. The fourth-order valence-corrected chi connectivity index (χ4v) is 5.24. The average Bonchev–Trinajstić information content (AvgIpc) is 2.79. The van der Waals surface area contributed by atoms with E-state index in [-0.39, 0.29) is 28.7 Å². The van der Waals surface area contributed by atoms with Crippen molar-refractivity contribution in [2.75, 3.05) is 30.7 Å². The number of hydrogen-bond acceptors (Lipinski definition) is 6. The maximum absolute atomic E-state index is 13.2. The van der Waals surface area contributed by atoms with E-state index in [1.54, 1.807) is 30.0 Å². The highest BCUT2D eigenvalue weighted by Gasteiger charge is 2.26. The lowest BCUT2D eigenvalue weighted by atomic mass is 9.98. The summed E-state index contributed by atoms with van der Waals surface area (Å²) in [4.78, 5) is 27.8. The highest BCUT2D eigenvalue weighted by molar-refractivity contribution is 7.98. The largest absolute Gasteiger partial charge is 0.462 e. The number of ether oxygens (including phenoxy) is 1. The van der Waals surface area contributed by atoms with Gasteiger partial charge >= 0.3 is 5.97 Å². The van der Waals surface area contributed by atoms with Crippen LogP contribution in [0.4, 0.5) is 5.69 Å². The molecule has 1 amide bonds. The molecule has 0 bridgehead atoms. The molecule has 0 atom stereocenters. The molecular formula is C23H28N2O5S2. The number of para-hydroxylation sites is 1. The number of hydrogen-bond donors (Lipinski definition) is 1. The fraction of sp³-hybridized carbons (Fsp3) is 0.391. The van der Waals surface area contributed by atoms with Crippen LogP contribution in [-0.4, -0.2) is 51.1 Å². The van der Waals surface area contributed by atoms with Gasteiger partial charge in [0.2, 0.25) is 0 Å². The molecule has 0 radical (unpaired) electrons. The average molecular weight is 477 g/mol. The zero-order valence-corrected chi connectivity index (χ0v) is 20.1. The Morgan fingerprint density at radius 3 is 2.47 bits per heavy atom. The van der Waals surface area contributed by atoms with Gasteiger partial charge in [-0.25, -0.2) is 13.2 Å². The van der Waals surface area contributed by atoms with Crippen molar-refractivity contribution in [1.29, 1.82) is 0 Å². The molecule has 9 heteroatoms. The van der Waals surface area contributed by atoms with Crippen LogP contribution in [0.2, 0.25) is 0 Å². The van der Waals surface area contributed by atoms with Crippen LogP contribution in [0.25, 0.3) is 0 Å².